The van der Waals surface area contributed by atoms with E-state index < -0.39 is 79.0 Å². The van der Waals surface area contributed by atoms with E-state index in [0.717, 1.165) is 0 Å². The van der Waals surface area contributed by atoms with Crippen molar-refractivity contribution in [1.29, 1.82) is 0 Å². The van der Waals surface area contributed by atoms with Gasteiger partial charge in [-0.05, 0) is 22.5 Å². The number of phosphoric acid groups is 1. The summed E-state index contributed by atoms with van der Waals surface area (Å²) in [4.78, 5) is 25.0. The number of hydrogen-bond acceptors (Lipinski definition) is 9. The molecule has 39 heavy (non-hydrogen) atoms. The number of halogens is 3. The van der Waals surface area contributed by atoms with Crippen LogP contribution < -0.4 is 15.8 Å². The van der Waals surface area contributed by atoms with Crippen molar-refractivity contribution in [3.8, 4) is 5.75 Å². The largest absolute Gasteiger partial charge is 0.530 e. The summed E-state index contributed by atoms with van der Waals surface area (Å²) in [6.45, 7) is 5.69. The number of aliphatic hydroxyl groups is 2. The number of alkyl halides is 1. The van der Waals surface area contributed by atoms with Crippen LogP contribution in [-0.2, 0) is 35.8 Å². The molecular weight excluding hydrogens is 548 g/mol. The Hall–Kier alpha value is -2.48. The second-order valence-electron chi connectivity index (χ2n) is 11.2. The first kappa shape index (κ1) is 25.5. The summed E-state index contributed by atoms with van der Waals surface area (Å²) < 4.78 is 103. The minimum atomic E-state index is -5.21. The number of nitrogens with zero attached hydrogens (tertiary/aromatic N) is 1. The van der Waals surface area contributed by atoms with Gasteiger partial charge in [0.2, 0.25) is 5.82 Å². The van der Waals surface area contributed by atoms with Crippen LogP contribution in [0, 0.1) is 11.6 Å². The number of H-pyrrole nitrogens is 1. The van der Waals surface area contributed by atoms with Gasteiger partial charge in [0.25, 0.3) is 11.4 Å². The van der Waals surface area contributed by atoms with Crippen molar-refractivity contribution in [3.63, 3.8) is 0 Å². The third-order valence-electron chi connectivity index (χ3n) is 6.11. The highest BCUT2D eigenvalue weighted by Gasteiger charge is 2.58. The fourth-order valence-corrected chi connectivity index (χ4v) is 5.07. The summed E-state index contributed by atoms with van der Waals surface area (Å²) in [6.07, 6.45) is -9.20. The third-order valence-corrected chi connectivity index (χ3v) is 7.28. The van der Waals surface area contributed by atoms with Crippen LogP contribution in [0.4, 0.5) is 13.2 Å². The molecule has 216 valence electrons. The smallest absolute Gasteiger partial charge is 0.403 e. The second-order valence-corrected chi connectivity index (χ2v) is 12.7. The van der Waals surface area contributed by atoms with Crippen molar-refractivity contribution in [2.45, 2.75) is 83.2 Å². The zero-order valence-electron chi connectivity index (χ0n) is 24.8. The van der Waals surface area contributed by atoms with Crippen LogP contribution in [0.1, 0.15) is 68.5 Å². The number of aliphatic hydroxyl groups excluding tert-OH is 2. The lowest BCUT2D eigenvalue weighted by molar-refractivity contribution is -0.205. The first-order valence-electron chi connectivity index (χ1n) is 13.2. The number of fused-ring (bicyclic) bond motifs is 1. The number of phosphoric ester groups is 1. The zero-order valence-corrected chi connectivity index (χ0v) is 22.7. The molecule has 3 heterocycles. The minimum absolute atomic E-state index is 0.0765. The van der Waals surface area contributed by atoms with Gasteiger partial charge in [0.15, 0.2) is 6.20 Å². The van der Waals surface area contributed by atoms with Gasteiger partial charge in [-0.3, -0.25) is 23.4 Å². The lowest BCUT2D eigenvalue weighted by atomic mass is 9.78. The van der Waals surface area contributed by atoms with E-state index in [0.29, 0.717) is 5.56 Å². The molecule has 1 aromatic carbocycles. The van der Waals surface area contributed by atoms with E-state index in [9.17, 15) is 28.8 Å². The highest BCUT2D eigenvalue weighted by atomic mass is 31.2. The van der Waals surface area contributed by atoms with Crippen molar-refractivity contribution in [1.82, 2.24) is 9.55 Å². The van der Waals surface area contributed by atoms with Gasteiger partial charge in [-0.15, -0.1) is 0 Å². The minimum Gasteiger partial charge on any atom is -0.403 e. The van der Waals surface area contributed by atoms with Gasteiger partial charge in [-0.25, -0.2) is 18.1 Å². The summed E-state index contributed by atoms with van der Waals surface area (Å²) in [5, 5.41) is 20.9. The summed E-state index contributed by atoms with van der Waals surface area (Å²) in [5.74, 6) is -6.98. The van der Waals surface area contributed by atoms with Crippen LogP contribution in [0.25, 0.3) is 0 Å². The molecule has 2 aliphatic rings. The molecule has 3 N–H and O–H groups in total. The molecule has 0 amide bonds. The lowest BCUT2D eigenvalue weighted by Gasteiger charge is -2.34. The fraction of sp³-hybridized carbons (Fsp3) is 0.583. The van der Waals surface area contributed by atoms with E-state index in [1.165, 1.54) is 11.1 Å². The van der Waals surface area contributed by atoms with Crippen molar-refractivity contribution in [2.75, 3.05) is 6.56 Å². The molecular formula is C24H30F3N2O9P. The average Bonchev–Trinajstić information content (AvgIpc) is 3.00. The first-order valence-corrected chi connectivity index (χ1v) is 13.1. The van der Waals surface area contributed by atoms with Gasteiger partial charge < -0.3 is 19.5 Å². The average molecular weight is 581 g/mol. The Morgan fingerprint density at radius 2 is 1.85 bits per heavy atom. The maximum absolute atomic E-state index is 16.1. The van der Waals surface area contributed by atoms with Gasteiger partial charge in [0.1, 0.15) is 30.3 Å². The molecule has 0 saturated carbocycles. The molecule has 1 aromatic heterocycles. The Morgan fingerprint density at radius 3 is 2.44 bits per heavy atom. The topological polar surface area (TPSA) is 149 Å². The Kier molecular flexibility index (Phi) is 6.25. The van der Waals surface area contributed by atoms with Crippen molar-refractivity contribution < 1.29 is 50.4 Å². The number of aromatic nitrogens is 2. The van der Waals surface area contributed by atoms with E-state index in [1.807, 2.05) is 0 Å². The molecule has 4 rings (SSSR count). The third kappa shape index (κ3) is 5.33. The summed E-state index contributed by atoms with van der Waals surface area (Å²) in [7, 11) is -5.21. The number of hydrogen-bond donors (Lipinski definition) is 3. The van der Waals surface area contributed by atoms with Crippen molar-refractivity contribution in [2.24, 2.45) is 0 Å². The normalized spacial score (nSPS) is 32.6. The fourth-order valence-electron chi connectivity index (χ4n) is 3.97. The van der Waals surface area contributed by atoms with Gasteiger partial charge >= 0.3 is 13.5 Å². The molecule has 5 atom stereocenters. The number of ether oxygens (including phenoxy) is 1. The number of rotatable bonds is 4. The number of nitrogens with one attached hydrogen (secondary N) is 1. The molecule has 1 fully saturated rings. The number of aromatic amines is 1. The molecule has 1 saturated heterocycles. The summed E-state index contributed by atoms with van der Waals surface area (Å²) >= 11 is 0. The molecule has 2 aromatic rings. The van der Waals surface area contributed by atoms with Crippen LogP contribution in [0.5, 0.6) is 5.75 Å². The standard InChI is InChI=1S/C24H30F3N2O9P/c1-22(2,3)12-7-13(23(4,5)6)17-11(15(12)26)9-35-39(34,38-17)36-10-24(27)18(31)16(30)20(37-24)29-8-14(25)19(32)28-21(29)33/h7-8,16,18,20,30-31H,9-10H2,1-6H3,(H,28,32,33)/t16-,18+,20-,24-,39?/m1/s1/i10D2,20D. The Morgan fingerprint density at radius 1 is 1.23 bits per heavy atom. The Labute approximate surface area is 225 Å². The van der Waals surface area contributed by atoms with Gasteiger partial charge in [-0.2, -0.15) is 4.39 Å². The van der Waals surface area contributed by atoms with Crippen LogP contribution >= 0.6 is 7.82 Å². The number of benzene rings is 1. The molecule has 15 heteroatoms. The van der Waals surface area contributed by atoms with Crippen molar-refractivity contribution in [3.05, 3.63) is 61.4 Å². The molecule has 0 bridgehead atoms. The van der Waals surface area contributed by atoms with Crippen LogP contribution in [0.15, 0.2) is 21.9 Å². The molecule has 0 radical (unpaired) electrons. The summed E-state index contributed by atoms with van der Waals surface area (Å²) in [5.41, 5.74) is -4.07. The Balaban J connectivity index is 1.74. The van der Waals surface area contributed by atoms with E-state index in [1.54, 1.807) is 41.5 Å². The van der Waals surface area contributed by atoms with E-state index >= 15 is 8.78 Å². The van der Waals surface area contributed by atoms with Crippen LogP contribution in [0.2, 0.25) is 0 Å². The second kappa shape index (κ2) is 9.57. The van der Waals surface area contributed by atoms with Gasteiger partial charge in [0, 0.05) is 5.56 Å². The van der Waals surface area contributed by atoms with Crippen molar-refractivity contribution >= 4 is 7.82 Å². The zero-order chi connectivity index (χ0) is 32.0. The van der Waals surface area contributed by atoms with Gasteiger partial charge in [0.05, 0.1) is 22.5 Å². The summed E-state index contributed by atoms with van der Waals surface area (Å²) in [6, 6.07) is 1.49. The van der Waals surface area contributed by atoms with Crippen LogP contribution in [-0.4, -0.2) is 44.4 Å². The highest BCUT2D eigenvalue weighted by molar-refractivity contribution is 7.49. The maximum Gasteiger partial charge on any atom is 0.530 e. The molecule has 2 aliphatic heterocycles. The SMILES string of the molecule is [2H]C([2H])(OP1(=O)OCc2c(F)c(C(C)(C)C)cc(C(C)(C)C)c2O1)[C@@]1(F)O[C@@]([2H])(n2cc(F)c(=O)[nH]c2=O)[C@H](O)[C@@H]1O. The predicted molar refractivity (Wildman–Crippen MR) is 130 cm³/mol. The van der Waals surface area contributed by atoms with E-state index in [-0.39, 0.29) is 27.6 Å². The monoisotopic (exact) mass is 581 g/mol. The Bertz CT molecular complexity index is 1610. The first-order chi connectivity index (χ1) is 18.9. The maximum atomic E-state index is 16.1. The van der Waals surface area contributed by atoms with Gasteiger partial charge in [-0.1, -0.05) is 41.5 Å². The van der Waals surface area contributed by atoms with Crippen LogP contribution in [0.3, 0.4) is 0 Å². The molecule has 0 aliphatic carbocycles. The lowest BCUT2D eigenvalue weighted by Crippen LogP contribution is -2.43. The highest BCUT2D eigenvalue weighted by Crippen LogP contribution is 2.58. The quantitative estimate of drug-likeness (QED) is 0.463. The van der Waals surface area contributed by atoms with E-state index in [2.05, 4.69) is 4.74 Å². The van der Waals surface area contributed by atoms with E-state index in [4.69, 9.17) is 17.7 Å². The molecule has 11 nitrogen and oxygen atoms in total. The molecule has 0 spiro atoms. The molecule has 1 unspecified atom stereocenters. The predicted octanol–water partition coefficient (Wildman–Crippen LogP) is 3.06.